The van der Waals surface area contributed by atoms with Crippen molar-refractivity contribution in [1.82, 2.24) is 0 Å². The molecule has 0 aromatic carbocycles. The van der Waals surface area contributed by atoms with E-state index in [2.05, 4.69) is 11.2 Å². The van der Waals surface area contributed by atoms with Crippen molar-refractivity contribution in [1.29, 1.82) is 0 Å². The summed E-state index contributed by atoms with van der Waals surface area (Å²) in [6, 6.07) is 0. The molecule has 0 atom stereocenters. The summed E-state index contributed by atoms with van der Waals surface area (Å²) in [6.07, 6.45) is 0. The van der Waals surface area contributed by atoms with Crippen LogP contribution in [0.2, 0.25) is 0 Å². The van der Waals surface area contributed by atoms with Crippen molar-refractivity contribution in [2.45, 2.75) is 0 Å². The van der Waals surface area contributed by atoms with Crippen molar-refractivity contribution >= 4 is 20.2 Å². The van der Waals surface area contributed by atoms with Crippen LogP contribution in [0.25, 0.3) is 0 Å². The Morgan fingerprint density at radius 3 is 1.11 bits per heavy atom. The molecule has 0 amide bonds. The zero-order chi connectivity index (χ0) is 4.50. The molecule has 0 unspecified atom stereocenters. The minimum absolute atomic E-state index is 0. The van der Waals surface area contributed by atoms with Crippen LogP contribution in [-0.2, 0) is 20.2 Å². The van der Waals surface area contributed by atoms with Gasteiger partial charge >= 0.3 is 59.1 Å². The number of rotatable bonds is 0. The van der Waals surface area contributed by atoms with Gasteiger partial charge in [-0.3, -0.25) is 4.21 Å². The quantitative estimate of drug-likeness (QED) is 0.355. The van der Waals surface area contributed by atoms with Crippen LogP contribution < -0.4 is 59.1 Å². The maximum absolute atomic E-state index is 8.89. The Balaban J connectivity index is -0.0000000133. The fourth-order valence-corrected chi connectivity index (χ4v) is 0. The van der Waals surface area contributed by atoms with Gasteiger partial charge in [-0.25, -0.2) is 0 Å². The molecular formula is H4Na2O5S2. The first-order valence-corrected chi connectivity index (χ1v) is 3.00. The van der Waals surface area contributed by atoms with Crippen molar-refractivity contribution in [2.24, 2.45) is 0 Å². The molecule has 0 aliphatic rings. The van der Waals surface area contributed by atoms with E-state index in [4.69, 9.17) is 13.3 Å². The van der Waals surface area contributed by atoms with Gasteiger partial charge < -0.3 is 20.1 Å². The van der Waals surface area contributed by atoms with E-state index in [0.29, 0.717) is 0 Å². The van der Waals surface area contributed by atoms with Gasteiger partial charge in [-0.1, -0.05) is 0 Å². The molecule has 9 heavy (non-hydrogen) atoms. The van der Waals surface area contributed by atoms with Gasteiger partial charge in [0.05, 0.1) is 0 Å². The van der Waals surface area contributed by atoms with E-state index in [1.807, 2.05) is 0 Å². The van der Waals surface area contributed by atoms with E-state index in [1.54, 1.807) is 0 Å². The van der Waals surface area contributed by atoms with Gasteiger partial charge in [0, 0.05) is 0 Å². The summed E-state index contributed by atoms with van der Waals surface area (Å²) >= 11 is 3.24. The van der Waals surface area contributed by atoms with Crippen molar-refractivity contribution in [3.8, 4) is 0 Å². The summed E-state index contributed by atoms with van der Waals surface area (Å²) in [5.74, 6) is 0. The third-order valence-electron chi connectivity index (χ3n) is 0. The molecular weight excluding hydrogens is 190 g/mol. The van der Waals surface area contributed by atoms with E-state index < -0.39 is 9.05 Å². The smallest absolute Gasteiger partial charge is 0.780 e. The Labute approximate surface area is 102 Å². The van der Waals surface area contributed by atoms with Crippen LogP contribution >= 0.6 is 0 Å². The molecule has 48 valence electrons. The van der Waals surface area contributed by atoms with Crippen molar-refractivity contribution < 1.29 is 83.4 Å². The predicted molar refractivity (Wildman–Crippen MR) is 24.3 cm³/mol. The molecule has 0 aromatic heterocycles. The van der Waals surface area contributed by atoms with Gasteiger partial charge in [0.1, 0.15) is 0 Å². The normalized spacial score (nSPS) is 6.44. The Bertz CT molecular complexity index is 96.1. The van der Waals surface area contributed by atoms with E-state index in [1.165, 1.54) is 0 Å². The summed E-state index contributed by atoms with van der Waals surface area (Å²) in [4.78, 5) is 0. The second kappa shape index (κ2) is 12.8. The first-order valence-electron chi connectivity index (χ1n) is 0.667. The molecule has 9 heteroatoms. The maximum Gasteiger partial charge on any atom is 1.00 e. The Kier molecular flexibility index (Phi) is 43.3. The summed E-state index contributed by atoms with van der Waals surface area (Å²) in [6.45, 7) is 0. The minimum atomic E-state index is -4.33. The summed E-state index contributed by atoms with van der Waals surface area (Å²) in [5, 5.41) is 0. The SMILES string of the molecule is O.O.O=S([O-])([O-])=S.[Na+].[Na+]. The van der Waals surface area contributed by atoms with Crippen LogP contribution in [0.15, 0.2) is 0 Å². The second-order valence-electron chi connectivity index (χ2n) is 0.408. The average Bonchev–Trinajstić information content (AvgIpc) is 0.722. The van der Waals surface area contributed by atoms with Crippen molar-refractivity contribution in [3.63, 3.8) is 0 Å². The van der Waals surface area contributed by atoms with Gasteiger partial charge in [0.15, 0.2) is 0 Å². The standard InChI is InChI=1S/2Na.H2O3S2.2H2O/c;;1-5(2,3)4;;/h;;(H2,1,2,3,4);2*1H2/q2*+1;;;/p-2. The van der Waals surface area contributed by atoms with Gasteiger partial charge in [-0.05, 0) is 11.2 Å². The first kappa shape index (κ1) is 30.3. The van der Waals surface area contributed by atoms with Gasteiger partial charge in [0.2, 0.25) is 0 Å². The molecule has 0 aliphatic heterocycles. The minimum Gasteiger partial charge on any atom is -0.780 e. The third-order valence-corrected chi connectivity index (χ3v) is 0. The summed E-state index contributed by atoms with van der Waals surface area (Å²) < 4.78 is 26.7. The fraction of sp³-hybridized carbons (Fsp3) is 0. The molecule has 0 fully saturated rings. The zero-order valence-electron chi connectivity index (χ0n) is 5.04. The first-order chi connectivity index (χ1) is 2.00. The second-order valence-corrected chi connectivity index (χ2v) is 2.45. The zero-order valence-corrected chi connectivity index (χ0v) is 10.7. The summed E-state index contributed by atoms with van der Waals surface area (Å²) in [7, 11) is -4.33. The Morgan fingerprint density at radius 1 is 1.11 bits per heavy atom. The average molecular weight is 194 g/mol. The predicted octanol–water partition coefficient (Wildman–Crippen LogP) is -8.65. The molecule has 0 rings (SSSR count). The number of hydrogen-bond donors (Lipinski definition) is 0. The Hall–Kier alpha value is 2.21. The molecule has 0 saturated heterocycles. The molecule has 4 N–H and O–H groups in total. The van der Waals surface area contributed by atoms with Gasteiger partial charge in [0.25, 0.3) is 0 Å². The molecule has 0 aromatic rings. The molecule has 0 heterocycles. The molecule has 5 nitrogen and oxygen atoms in total. The van der Waals surface area contributed by atoms with E-state index in [-0.39, 0.29) is 70.1 Å². The van der Waals surface area contributed by atoms with Crippen LogP contribution in [0.5, 0.6) is 0 Å². The number of hydrogen-bond acceptors (Lipinski definition) is 4. The molecule has 0 saturated carbocycles. The van der Waals surface area contributed by atoms with E-state index >= 15 is 0 Å². The van der Waals surface area contributed by atoms with Gasteiger partial charge in [-0.2, -0.15) is 0 Å². The monoisotopic (exact) mass is 194 g/mol. The van der Waals surface area contributed by atoms with Crippen LogP contribution in [0, 0.1) is 0 Å². The fourth-order valence-electron chi connectivity index (χ4n) is 0. The van der Waals surface area contributed by atoms with Crippen molar-refractivity contribution in [2.75, 3.05) is 0 Å². The summed E-state index contributed by atoms with van der Waals surface area (Å²) in [5.41, 5.74) is 0. The molecule has 0 bridgehead atoms. The topological polar surface area (TPSA) is 126 Å². The van der Waals surface area contributed by atoms with Crippen LogP contribution in [-0.4, -0.2) is 24.3 Å². The molecule has 0 spiro atoms. The van der Waals surface area contributed by atoms with Gasteiger partial charge in [-0.15, -0.1) is 9.05 Å². The van der Waals surface area contributed by atoms with Crippen LogP contribution in [0.4, 0.5) is 0 Å². The molecule has 0 aliphatic carbocycles. The van der Waals surface area contributed by atoms with Crippen LogP contribution in [0.3, 0.4) is 0 Å². The maximum atomic E-state index is 8.89. The third kappa shape index (κ3) is 141. The molecule has 0 radical (unpaired) electrons. The van der Waals surface area contributed by atoms with Crippen molar-refractivity contribution in [3.05, 3.63) is 0 Å². The van der Waals surface area contributed by atoms with E-state index in [9.17, 15) is 0 Å². The Morgan fingerprint density at radius 2 is 1.11 bits per heavy atom. The van der Waals surface area contributed by atoms with E-state index in [0.717, 1.165) is 0 Å². The van der Waals surface area contributed by atoms with Crippen LogP contribution in [0.1, 0.15) is 0 Å². The largest absolute Gasteiger partial charge is 1.00 e.